The van der Waals surface area contributed by atoms with Gasteiger partial charge in [0.1, 0.15) is 30.6 Å². The molecule has 164 valence electrons. The van der Waals surface area contributed by atoms with Gasteiger partial charge in [-0.25, -0.2) is 9.36 Å². The normalized spacial score (nSPS) is 10.8. The van der Waals surface area contributed by atoms with Gasteiger partial charge in [-0.05, 0) is 55.0 Å². The van der Waals surface area contributed by atoms with Crippen LogP contribution < -0.4 is 9.47 Å². The molecule has 0 unspecified atom stereocenters. The van der Waals surface area contributed by atoms with Gasteiger partial charge in [0.15, 0.2) is 0 Å². The van der Waals surface area contributed by atoms with E-state index in [9.17, 15) is 10.1 Å². The molecule has 0 radical (unpaired) electrons. The molecule has 2 aromatic carbocycles. The van der Waals surface area contributed by atoms with Crippen molar-refractivity contribution >= 4 is 5.69 Å². The first-order valence-corrected chi connectivity index (χ1v) is 10.1. The minimum absolute atomic E-state index is 0.0609. The largest absolute Gasteiger partial charge is 0.497 e. The van der Waals surface area contributed by atoms with Gasteiger partial charge in [-0.2, -0.15) is 10.2 Å². The van der Waals surface area contributed by atoms with Crippen molar-refractivity contribution in [1.82, 2.24) is 19.6 Å². The van der Waals surface area contributed by atoms with E-state index in [-0.39, 0.29) is 12.4 Å². The Hall–Kier alpha value is -4.14. The first-order valence-electron chi connectivity index (χ1n) is 10.1. The van der Waals surface area contributed by atoms with Crippen LogP contribution in [0.3, 0.4) is 0 Å². The molecule has 0 amide bonds. The van der Waals surface area contributed by atoms with E-state index in [1.807, 2.05) is 53.2 Å². The van der Waals surface area contributed by atoms with Gasteiger partial charge in [0.05, 0.1) is 30.5 Å². The first kappa shape index (κ1) is 21.1. The van der Waals surface area contributed by atoms with Gasteiger partial charge in [-0.1, -0.05) is 6.92 Å². The molecule has 0 N–H and O–H groups in total. The SMILES string of the molecule is CCc1c(-c2ccc(OC)cc2)nn(Cn2cc([N+](=O)[O-])cn2)c1-c1ccc(OC)cc1. The van der Waals surface area contributed by atoms with Crippen LogP contribution in [0.1, 0.15) is 12.5 Å². The van der Waals surface area contributed by atoms with E-state index in [2.05, 4.69) is 12.0 Å². The van der Waals surface area contributed by atoms with Crippen LogP contribution in [-0.4, -0.2) is 38.7 Å². The van der Waals surface area contributed by atoms with Crippen LogP contribution in [0.2, 0.25) is 0 Å². The van der Waals surface area contributed by atoms with Crippen molar-refractivity contribution in [3.8, 4) is 34.0 Å². The minimum Gasteiger partial charge on any atom is -0.497 e. The topological polar surface area (TPSA) is 97.2 Å². The van der Waals surface area contributed by atoms with Crippen LogP contribution in [0.15, 0.2) is 60.9 Å². The number of aromatic nitrogens is 4. The van der Waals surface area contributed by atoms with Gasteiger partial charge in [0.25, 0.3) is 0 Å². The van der Waals surface area contributed by atoms with Crippen molar-refractivity contribution < 1.29 is 14.4 Å². The van der Waals surface area contributed by atoms with Gasteiger partial charge in [0.2, 0.25) is 0 Å². The summed E-state index contributed by atoms with van der Waals surface area (Å²) in [6.07, 6.45) is 3.39. The number of benzene rings is 2. The lowest BCUT2D eigenvalue weighted by molar-refractivity contribution is -0.385. The van der Waals surface area contributed by atoms with Crippen LogP contribution >= 0.6 is 0 Å². The van der Waals surface area contributed by atoms with Crippen LogP contribution in [0, 0.1) is 10.1 Å². The highest BCUT2D eigenvalue weighted by Gasteiger charge is 2.20. The molecule has 2 aromatic heterocycles. The third kappa shape index (κ3) is 4.04. The average molecular weight is 433 g/mol. The molecule has 0 spiro atoms. The highest BCUT2D eigenvalue weighted by molar-refractivity contribution is 5.75. The summed E-state index contributed by atoms with van der Waals surface area (Å²) in [7, 11) is 3.26. The minimum atomic E-state index is -0.461. The van der Waals surface area contributed by atoms with Crippen LogP contribution in [-0.2, 0) is 13.1 Å². The summed E-state index contributed by atoms with van der Waals surface area (Å²) in [5.41, 5.74) is 4.72. The Morgan fingerprint density at radius 3 is 2.06 bits per heavy atom. The number of hydrogen-bond acceptors (Lipinski definition) is 6. The Kier molecular flexibility index (Phi) is 5.89. The zero-order valence-electron chi connectivity index (χ0n) is 18.1. The maximum atomic E-state index is 11.1. The summed E-state index contributed by atoms with van der Waals surface area (Å²) in [6.45, 7) is 2.32. The van der Waals surface area contributed by atoms with Gasteiger partial charge in [-0.15, -0.1) is 0 Å². The molecule has 4 rings (SSSR count). The van der Waals surface area contributed by atoms with E-state index < -0.39 is 4.92 Å². The zero-order chi connectivity index (χ0) is 22.7. The van der Waals surface area contributed by atoms with Crippen molar-refractivity contribution in [3.05, 3.63) is 76.6 Å². The second kappa shape index (κ2) is 8.93. The number of hydrogen-bond donors (Lipinski definition) is 0. The monoisotopic (exact) mass is 433 g/mol. The Bertz CT molecular complexity index is 1230. The average Bonchev–Trinajstić information content (AvgIpc) is 3.44. The quantitative estimate of drug-likeness (QED) is 0.302. The molecule has 0 saturated carbocycles. The molecule has 0 saturated heterocycles. The molecule has 2 heterocycles. The molecule has 32 heavy (non-hydrogen) atoms. The van der Waals surface area contributed by atoms with E-state index >= 15 is 0 Å². The molecule has 0 atom stereocenters. The van der Waals surface area contributed by atoms with Crippen molar-refractivity contribution in [2.45, 2.75) is 20.0 Å². The highest BCUT2D eigenvalue weighted by atomic mass is 16.6. The predicted octanol–water partition coefficient (Wildman–Crippen LogP) is 4.41. The van der Waals surface area contributed by atoms with E-state index in [4.69, 9.17) is 14.6 Å². The Balaban J connectivity index is 1.84. The van der Waals surface area contributed by atoms with Gasteiger partial charge >= 0.3 is 5.69 Å². The van der Waals surface area contributed by atoms with Gasteiger partial charge in [-0.3, -0.25) is 10.1 Å². The fraction of sp³-hybridized carbons (Fsp3) is 0.217. The van der Waals surface area contributed by atoms with E-state index in [0.717, 1.165) is 46.0 Å². The third-order valence-corrected chi connectivity index (χ3v) is 5.24. The molecular weight excluding hydrogens is 410 g/mol. The van der Waals surface area contributed by atoms with Crippen LogP contribution in [0.5, 0.6) is 11.5 Å². The molecule has 9 nitrogen and oxygen atoms in total. The Morgan fingerprint density at radius 1 is 0.969 bits per heavy atom. The lowest BCUT2D eigenvalue weighted by Gasteiger charge is -2.10. The number of nitrogens with zero attached hydrogens (tertiary/aromatic N) is 5. The molecular formula is C23H23N5O4. The summed E-state index contributed by atoms with van der Waals surface area (Å²) in [4.78, 5) is 10.6. The summed E-state index contributed by atoms with van der Waals surface area (Å²) >= 11 is 0. The molecule has 9 heteroatoms. The maximum absolute atomic E-state index is 11.1. The van der Waals surface area contributed by atoms with Crippen molar-refractivity contribution in [1.29, 1.82) is 0 Å². The smallest absolute Gasteiger partial charge is 0.307 e. The second-order valence-electron chi connectivity index (χ2n) is 7.12. The summed E-state index contributed by atoms with van der Waals surface area (Å²) in [5, 5.41) is 20.1. The summed E-state index contributed by atoms with van der Waals surface area (Å²) < 4.78 is 13.9. The zero-order valence-corrected chi connectivity index (χ0v) is 18.1. The fourth-order valence-corrected chi connectivity index (χ4v) is 3.65. The molecule has 0 fully saturated rings. The lowest BCUT2D eigenvalue weighted by atomic mass is 10.00. The first-order chi connectivity index (χ1) is 15.5. The lowest BCUT2D eigenvalue weighted by Crippen LogP contribution is -2.11. The number of rotatable bonds is 8. The molecule has 4 aromatic rings. The van der Waals surface area contributed by atoms with Crippen LogP contribution in [0.25, 0.3) is 22.5 Å². The summed E-state index contributed by atoms with van der Waals surface area (Å²) in [5.74, 6) is 1.53. The maximum Gasteiger partial charge on any atom is 0.307 e. The van der Waals surface area contributed by atoms with E-state index in [0.29, 0.717) is 0 Å². The molecule has 0 aliphatic heterocycles. The third-order valence-electron chi connectivity index (χ3n) is 5.24. The van der Waals surface area contributed by atoms with Gasteiger partial charge < -0.3 is 9.47 Å². The number of methoxy groups -OCH3 is 2. The molecule has 0 aliphatic carbocycles. The number of nitro groups is 1. The van der Waals surface area contributed by atoms with Crippen molar-refractivity contribution in [2.24, 2.45) is 0 Å². The van der Waals surface area contributed by atoms with E-state index in [1.54, 1.807) is 14.2 Å². The van der Waals surface area contributed by atoms with Crippen LogP contribution in [0.4, 0.5) is 5.69 Å². The Morgan fingerprint density at radius 2 is 1.56 bits per heavy atom. The predicted molar refractivity (Wildman–Crippen MR) is 120 cm³/mol. The molecule has 0 aliphatic rings. The summed E-state index contributed by atoms with van der Waals surface area (Å²) in [6, 6.07) is 15.5. The molecule has 0 bridgehead atoms. The fourth-order valence-electron chi connectivity index (χ4n) is 3.65. The van der Waals surface area contributed by atoms with Crippen molar-refractivity contribution in [3.63, 3.8) is 0 Å². The number of ether oxygens (including phenoxy) is 2. The van der Waals surface area contributed by atoms with E-state index in [1.165, 1.54) is 17.1 Å². The van der Waals surface area contributed by atoms with Gasteiger partial charge in [0, 0.05) is 16.7 Å². The Labute approximate surface area is 185 Å². The second-order valence-corrected chi connectivity index (χ2v) is 7.12. The standard InChI is InChI=1S/C23H23N5O4/c1-4-21-22(16-5-9-19(31-2)10-6-16)25-27(15-26-14-18(13-24-26)28(29)30)23(21)17-7-11-20(32-3)12-8-17/h5-14H,4,15H2,1-3H3. The van der Waals surface area contributed by atoms with Crippen molar-refractivity contribution in [2.75, 3.05) is 14.2 Å². The highest BCUT2D eigenvalue weighted by Crippen LogP contribution is 2.34.